The highest BCUT2D eigenvalue weighted by Crippen LogP contribution is 2.07. The Morgan fingerprint density at radius 2 is 2.11 bits per heavy atom. The third-order valence-electron chi connectivity index (χ3n) is 2.73. The quantitative estimate of drug-likeness (QED) is 0.318. The summed E-state index contributed by atoms with van der Waals surface area (Å²) in [5, 5.41) is 8.77. The maximum absolute atomic E-state index is 4.22. The molecule has 0 atom stereocenters. The standard InChI is InChI=1S/C14H25N3S.HI/c1-12(2)7-4-5-9-16-14(15-3)17-11-13-8-6-10-18-13;/h6,8,10,12H,4-5,7,9,11H2,1-3H3,(H2,15,16,17);1H. The minimum atomic E-state index is 0. The molecular formula is C14H26IN3S. The van der Waals surface area contributed by atoms with E-state index in [0.29, 0.717) is 0 Å². The van der Waals surface area contributed by atoms with Crippen molar-refractivity contribution in [3.8, 4) is 0 Å². The van der Waals surface area contributed by atoms with Gasteiger partial charge in [0.05, 0.1) is 6.54 Å². The zero-order chi connectivity index (χ0) is 13.2. The average Bonchev–Trinajstić information content (AvgIpc) is 2.85. The number of hydrogen-bond donors (Lipinski definition) is 2. The van der Waals surface area contributed by atoms with Crippen LogP contribution in [0.25, 0.3) is 0 Å². The van der Waals surface area contributed by atoms with Crippen LogP contribution in [0.4, 0.5) is 0 Å². The smallest absolute Gasteiger partial charge is 0.191 e. The Bertz CT molecular complexity index is 336. The van der Waals surface area contributed by atoms with Crippen molar-refractivity contribution in [3.63, 3.8) is 0 Å². The summed E-state index contributed by atoms with van der Waals surface area (Å²) in [7, 11) is 1.82. The Hall–Kier alpha value is -0.300. The molecule has 19 heavy (non-hydrogen) atoms. The zero-order valence-corrected chi connectivity index (χ0v) is 15.3. The SMILES string of the molecule is CN=C(NCCCCC(C)C)NCc1cccs1.I. The molecule has 0 unspecified atom stereocenters. The molecule has 0 fully saturated rings. The molecule has 3 nitrogen and oxygen atoms in total. The molecule has 0 aromatic carbocycles. The summed E-state index contributed by atoms with van der Waals surface area (Å²) < 4.78 is 0. The van der Waals surface area contributed by atoms with E-state index in [1.165, 1.54) is 24.1 Å². The van der Waals surface area contributed by atoms with E-state index in [1.807, 2.05) is 7.05 Å². The van der Waals surface area contributed by atoms with Crippen LogP contribution in [0, 0.1) is 5.92 Å². The van der Waals surface area contributed by atoms with Crippen molar-refractivity contribution in [3.05, 3.63) is 22.4 Å². The highest BCUT2D eigenvalue weighted by atomic mass is 127. The number of unbranched alkanes of at least 4 members (excludes halogenated alkanes) is 1. The summed E-state index contributed by atoms with van der Waals surface area (Å²) in [6, 6.07) is 4.21. The molecule has 2 N–H and O–H groups in total. The van der Waals surface area contributed by atoms with E-state index < -0.39 is 0 Å². The predicted octanol–water partition coefficient (Wildman–Crippen LogP) is 3.86. The average molecular weight is 395 g/mol. The third kappa shape index (κ3) is 9.27. The van der Waals surface area contributed by atoms with Crippen LogP contribution >= 0.6 is 35.3 Å². The van der Waals surface area contributed by atoms with Gasteiger partial charge < -0.3 is 10.6 Å². The van der Waals surface area contributed by atoms with Gasteiger partial charge >= 0.3 is 0 Å². The van der Waals surface area contributed by atoms with Crippen LogP contribution < -0.4 is 10.6 Å². The number of thiophene rings is 1. The molecule has 0 aliphatic heterocycles. The van der Waals surface area contributed by atoms with E-state index in [4.69, 9.17) is 0 Å². The van der Waals surface area contributed by atoms with Crippen molar-refractivity contribution in [2.24, 2.45) is 10.9 Å². The first-order valence-corrected chi connectivity index (χ1v) is 7.57. The maximum Gasteiger partial charge on any atom is 0.191 e. The molecule has 1 rings (SSSR count). The van der Waals surface area contributed by atoms with Crippen LogP contribution in [-0.4, -0.2) is 19.6 Å². The first-order chi connectivity index (χ1) is 8.72. The molecule has 1 aromatic rings. The molecule has 1 aromatic heterocycles. The molecular weight excluding hydrogens is 369 g/mol. The minimum Gasteiger partial charge on any atom is -0.356 e. The zero-order valence-electron chi connectivity index (χ0n) is 12.1. The van der Waals surface area contributed by atoms with Crippen molar-refractivity contribution in [2.45, 2.75) is 39.7 Å². The topological polar surface area (TPSA) is 36.4 Å². The highest BCUT2D eigenvalue weighted by molar-refractivity contribution is 14.0. The van der Waals surface area contributed by atoms with Gasteiger partial charge in [-0.15, -0.1) is 35.3 Å². The van der Waals surface area contributed by atoms with E-state index in [1.54, 1.807) is 11.3 Å². The van der Waals surface area contributed by atoms with Crippen molar-refractivity contribution in [1.29, 1.82) is 0 Å². The Balaban J connectivity index is 0.00000324. The van der Waals surface area contributed by atoms with Crippen LogP contribution in [-0.2, 0) is 6.54 Å². The number of guanidine groups is 1. The van der Waals surface area contributed by atoms with Crippen LogP contribution in [0.2, 0.25) is 0 Å². The lowest BCUT2D eigenvalue weighted by Gasteiger charge is -2.11. The molecule has 110 valence electrons. The van der Waals surface area contributed by atoms with Crippen molar-refractivity contribution < 1.29 is 0 Å². The Kier molecular flexibility index (Phi) is 11.3. The van der Waals surface area contributed by atoms with Gasteiger partial charge in [0.25, 0.3) is 0 Å². The highest BCUT2D eigenvalue weighted by Gasteiger charge is 1.99. The molecule has 0 radical (unpaired) electrons. The predicted molar refractivity (Wildman–Crippen MR) is 96.6 cm³/mol. The second-order valence-corrected chi connectivity index (χ2v) is 5.85. The molecule has 5 heteroatoms. The number of hydrogen-bond acceptors (Lipinski definition) is 2. The fourth-order valence-corrected chi connectivity index (χ4v) is 2.33. The molecule has 0 bridgehead atoms. The normalized spacial score (nSPS) is 11.3. The maximum atomic E-state index is 4.22. The first-order valence-electron chi connectivity index (χ1n) is 6.69. The third-order valence-corrected chi connectivity index (χ3v) is 3.61. The van der Waals surface area contributed by atoms with Gasteiger partial charge in [0.1, 0.15) is 0 Å². The van der Waals surface area contributed by atoms with E-state index in [9.17, 15) is 0 Å². The van der Waals surface area contributed by atoms with Gasteiger partial charge in [-0.2, -0.15) is 0 Å². The van der Waals surface area contributed by atoms with Crippen LogP contribution in [0.1, 0.15) is 38.0 Å². The summed E-state index contributed by atoms with van der Waals surface area (Å²) in [6.45, 7) is 6.39. The van der Waals surface area contributed by atoms with Gasteiger partial charge in [-0.1, -0.05) is 32.8 Å². The second-order valence-electron chi connectivity index (χ2n) is 4.82. The van der Waals surface area contributed by atoms with Gasteiger partial charge in [0.15, 0.2) is 5.96 Å². The molecule has 1 heterocycles. The lowest BCUT2D eigenvalue weighted by atomic mass is 10.1. The van der Waals surface area contributed by atoms with E-state index in [-0.39, 0.29) is 24.0 Å². The minimum absolute atomic E-state index is 0. The fraction of sp³-hybridized carbons (Fsp3) is 0.643. The van der Waals surface area contributed by atoms with Crippen LogP contribution in [0.5, 0.6) is 0 Å². The lowest BCUT2D eigenvalue weighted by molar-refractivity contribution is 0.534. The van der Waals surface area contributed by atoms with E-state index >= 15 is 0 Å². The van der Waals surface area contributed by atoms with E-state index in [0.717, 1.165) is 25.0 Å². The number of aliphatic imine (C=N–C) groups is 1. The number of rotatable bonds is 7. The fourth-order valence-electron chi connectivity index (χ4n) is 1.69. The lowest BCUT2D eigenvalue weighted by Crippen LogP contribution is -2.37. The Labute approximate surface area is 138 Å². The van der Waals surface area contributed by atoms with Crippen molar-refractivity contribution >= 4 is 41.3 Å². The molecule has 0 amide bonds. The van der Waals surface area contributed by atoms with Gasteiger partial charge in [0.2, 0.25) is 0 Å². The summed E-state index contributed by atoms with van der Waals surface area (Å²) in [5.41, 5.74) is 0. The Morgan fingerprint density at radius 1 is 1.32 bits per heavy atom. The first kappa shape index (κ1) is 18.7. The Morgan fingerprint density at radius 3 is 2.68 bits per heavy atom. The van der Waals surface area contributed by atoms with E-state index in [2.05, 4.69) is 47.0 Å². The summed E-state index contributed by atoms with van der Waals surface area (Å²) in [5.74, 6) is 1.70. The van der Waals surface area contributed by atoms with Gasteiger partial charge in [-0.25, -0.2) is 0 Å². The van der Waals surface area contributed by atoms with Crippen LogP contribution in [0.3, 0.4) is 0 Å². The monoisotopic (exact) mass is 395 g/mol. The molecule has 0 aliphatic rings. The molecule has 0 aliphatic carbocycles. The summed E-state index contributed by atoms with van der Waals surface area (Å²) >= 11 is 1.77. The van der Waals surface area contributed by atoms with Gasteiger partial charge in [-0.05, 0) is 23.8 Å². The van der Waals surface area contributed by atoms with Gasteiger partial charge in [0, 0.05) is 18.5 Å². The molecule has 0 saturated heterocycles. The van der Waals surface area contributed by atoms with Crippen molar-refractivity contribution in [1.82, 2.24) is 10.6 Å². The summed E-state index contributed by atoms with van der Waals surface area (Å²) in [6.07, 6.45) is 3.80. The largest absolute Gasteiger partial charge is 0.356 e. The number of halogens is 1. The van der Waals surface area contributed by atoms with Crippen molar-refractivity contribution in [2.75, 3.05) is 13.6 Å². The second kappa shape index (κ2) is 11.5. The number of nitrogens with zero attached hydrogens (tertiary/aromatic N) is 1. The molecule has 0 saturated carbocycles. The van der Waals surface area contributed by atoms with Gasteiger partial charge in [-0.3, -0.25) is 4.99 Å². The van der Waals surface area contributed by atoms with Crippen LogP contribution in [0.15, 0.2) is 22.5 Å². The molecule has 0 spiro atoms. The summed E-state index contributed by atoms with van der Waals surface area (Å²) in [4.78, 5) is 5.55. The number of nitrogens with one attached hydrogen (secondary N) is 2.